The van der Waals surface area contributed by atoms with Crippen molar-refractivity contribution in [3.8, 4) is 11.5 Å². The van der Waals surface area contributed by atoms with E-state index in [1.807, 2.05) is 0 Å². The van der Waals surface area contributed by atoms with Crippen LogP contribution in [0.4, 0.5) is 0 Å². The smallest absolute Gasteiger partial charge is 0.342 e. The Kier molecular flexibility index (Phi) is 6.81. The van der Waals surface area contributed by atoms with Crippen LogP contribution in [0.25, 0.3) is 0 Å². The first-order chi connectivity index (χ1) is 13.3. The number of hydrogen-bond donors (Lipinski definition) is 1. The SMILES string of the molecule is CCOC(=O)c1c(C)[nH]c(C)c1C(=O)COC(=O)c1ccc(OC)cc1OC. The second-order valence-corrected chi connectivity index (χ2v) is 5.91. The summed E-state index contributed by atoms with van der Waals surface area (Å²) in [5, 5.41) is 0. The summed E-state index contributed by atoms with van der Waals surface area (Å²) in [4.78, 5) is 40.1. The first-order valence-electron chi connectivity index (χ1n) is 8.62. The molecule has 1 aromatic carbocycles. The van der Waals surface area contributed by atoms with Crippen molar-refractivity contribution >= 4 is 17.7 Å². The van der Waals surface area contributed by atoms with Crippen molar-refractivity contribution in [2.45, 2.75) is 20.8 Å². The first kappa shape index (κ1) is 21.0. The first-order valence-corrected chi connectivity index (χ1v) is 8.62. The zero-order chi connectivity index (χ0) is 20.8. The van der Waals surface area contributed by atoms with Gasteiger partial charge in [-0.2, -0.15) is 0 Å². The molecule has 28 heavy (non-hydrogen) atoms. The van der Waals surface area contributed by atoms with Crippen molar-refractivity contribution in [1.82, 2.24) is 4.98 Å². The third kappa shape index (κ3) is 4.33. The molecule has 0 bridgehead atoms. The van der Waals surface area contributed by atoms with Crippen LogP contribution < -0.4 is 9.47 Å². The number of methoxy groups -OCH3 is 2. The third-order valence-corrected chi connectivity index (χ3v) is 4.10. The van der Waals surface area contributed by atoms with Crippen LogP contribution in [0.1, 0.15) is 49.4 Å². The fraction of sp³-hybridized carbons (Fsp3) is 0.350. The van der Waals surface area contributed by atoms with E-state index in [2.05, 4.69) is 4.98 Å². The maximum atomic E-state index is 12.6. The van der Waals surface area contributed by atoms with Crippen molar-refractivity contribution in [3.05, 3.63) is 46.3 Å². The minimum atomic E-state index is -0.726. The molecule has 0 aliphatic heterocycles. The molecular weight excluding hydrogens is 366 g/mol. The number of aromatic amines is 1. The van der Waals surface area contributed by atoms with E-state index in [1.54, 1.807) is 26.8 Å². The van der Waals surface area contributed by atoms with Gasteiger partial charge in [-0.05, 0) is 32.9 Å². The van der Waals surface area contributed by atoms with Crippen molar-refractivity contribution in [2.24, 2.45) is 0 Å². The summed E-state index contributed by atoms with van der Waals surface area (Å²) in [6.07, 6.45) is 0. The Bertz CT molecular complexity index is 898. The highest BCUT2D eigenvalue weighted by Crippen LogP contribution is 2.25. The van der Waals surface area contributed by atoms with Gasteiger partial charge in [-0.15, -0.1) is 0 Å². The topological polar surface area (TPSA) is 104 Å². The highest BCUT2D eigenvalue weighted by Gasteiger charge is 2.26. The van der Waals surface area contributed by atoms with Gasteiger partial charge in [0, 0.05) is 17.5 Å². The summed E-state index contributed by atoms with van der Waals surface area (Å²) in [7, 11) is 2.90. The second-order valence-electron chi connectivity index (χ2n) is 5.91. The monoisotopic (exact) mass is 389 g/mol. The standard InChI is InChI=1S/C20H23NO7/c1-6-27-20(24)18-12(3)21-11(2)17(18)15(22)10-28-19(23)14-8-7-13(25-4)9-16(14)26-5/h7-9,21H,6,10H2,1-5H3. The molecule has 1 aromatic heterocycles. The Morgan fingerprint density at radius 1 is 0.929 bits per heavy atom. The van der Waals surface area contributed by atoms with Gasteiger partial charge >= 0.3 is 11.9 Å². The number of ketones is 1. The zero-order valence-corrected chi connectivity index (χ0v) is 16.5. The Balaban J connectivity index is 2.19. The van der Waals surface area contributed by atoms with E-state index in [-0.39, 0.29) is 29.0 Å². The Labute approximate surface area is 162 Å². The van der Waals surface area contributed by atoms with Crippen LogP contribution in [0.3, 0.4) is 0 Å². The molecule has 0 unspecified atom stereocenters. The lowest BCUT2D eigenvalue weighted by molar-refractivity contribution is 0.0469. The van der Waals surface area contributed by atoms with Crippen LogP contribution in [-0.2, 0) is 9.47 Å². The third-order valence-electron chi connectivity index (χ3n) is 4.10. The van der Waals surface area contributed by atoms with Crippen LogP contribution in [0, 0.1) is 13.8 Å². The predicted octanol–water partition coefficient (Wildman–Crippen LogP) is 2.87. The van der Waals surface area contributed by atoms with Gasteiger partial charge < -0.3 is 23.9 Å². The lowest BCUT2D eigenvalue weighted by atomic mass is 10.1. The van der Waals surface area contributed by atoms with E-state index in [0.717, 1.165) is 0 Å². The number of carbonyl (C=O) groups is 3. The van der Waals surface area contributed by atoms with Gasteiger partial charge in [0.15, 0.2) is 6.61 Å². The quantitative estimate of drug-likeness (QED) is 0.547. The number of H-pyrrole nitrogens is 1. The van der Waals surface area contributed by atoms with E-state index in [0.29, 0.717) is 17.1 Å². The summed E-state index contributed by atoms with van der Waals surface area (Å²) in [6.45, 7) is 4.67. The van der Waals surface area contributed by atoms with Crippen molar-refractivity contribution in [2.75, 3.05) is 27.4 Å². The molecule has 8 heteroatoms. The van der Waals surface area contributed by atoms with Gasteiger partial charge in [-0.3, -0.25) is 4.79 Å². The lowest BCUT2D eigenvalue weighted by Crippen LogP contribution is -2.18. The molecule has 0 atom stereocenters. The van der Waals surface area contributed by atoms with Crippen LogP contribution in [0.2, 0.25) is 0 Å². The van der Waals surface area contributed by atoms with Crippen molar-refractivity contribution in [1.29, 1.82) is 0 Å². The minimum absolute atomic E-state index is 0.155. The Hall–Kier alpha value is -3.29. The number of Topliss-reactive ketones (excluding diaryl/α,β-unsaturated/α-hetero) is 1. The van der Waals surface area contributed by atoms with E-state index < -0.39 is 24.3 Å². The molecular formula is C20H23NO7. The summed E-state index contributed by atoms with van der Waals surface area (Å²) < 4.78 is 20.4. The average Bonchev–Trinajstić information content (AvgIpc) is 2.99. The molecule has 0 fully saturated rings. The molecule has 0 aliphatic carbocycles. The maximum absolute atomic E-state index is 12.6. The van der Waals surface area contributed by atoms with Gasteiger partial charge in [-0.1, -0.05) is 0 Å². The van der Waals surface area contributed by atoms with Gasteiger partial charge in [0.25, 0.3) is 0 Å². The van der Waals surface area contributed by atoms with Gasteiger partial charge in [0.2, 0.25) is 5.78 Å². The van der Waals surface area contributed by atoms with E-state index >= 15 is 0 Å². The molecule has 0 radical (unpaired) electrons. The molecule has 8 nitrogen and oxygen atoms in total. The predicted molar refractivity (Wildman–Crippen MR) is 100 cm³/mol. The van der Waals surface area contributed by atoms with E-state index in [4.69, 9.17) is 18.9 Å². The van der Waals surface area contributed by atoms with E-state index in [1.165, 1.54) is 26.4 Å². The number of carbonyl (C=O) groups excluding carboxylic acids is 3. The number of hydrogen-bond acceptors (Lipinski definition) is 7. The molecule has 0 saturated carbocycles. The molecule has 150 valence electrons. The van der Waals surface area contributed by atoms with Crippen LogP contribution in [0.15, 0.2) is 18.2 Å². The van der Waals surface area contributed by atoms with Crippen molar-refractivity contribution < 1.29 is 33.3 Å². The van der Waals surface area contributed by atoms with Gasteiger partial charge in [-0.25, -0.2) is 9.59 Å². The van der Waals surface area contributed by atoms with Gasteiger partial charge in [0.05, 0.1) is 32.0 Å². The number of aryl methyl sites for hydroxylation is 2. The number of ether oxygens (including phenoxy) is 4. The summed E-state index contributed by atoms with van der Waals surface area (Å²) in [6, 6.07) is 4.61. The molecule has 0 amide bonds. The zero-order valence-electron chi connectivity index (χ0n) is 16.5. The molecule has 2 rings (SSSR count). The summed E-state index contributed by atoms with van der Waals surface area (Å²) >= 11 is 0. The normalized spacial score (nSPS) is 10.3. The maximum Gasteiger partial charge on any atom is 0.342 e. The largest absolute Gasteiger partial charge is 0.497 e. The summed E-state index contributed by atoms with van der Waals surface area (Å²) in [5.74, 6) is -1.06. The van der Waals surface area contributed by atoms with Crippen LogP contribution in [0.5, 0.6) is 11.5 Å². The molecule has 0 aliphatic rings. The number of benzene rings is 1. The van der Waals surface area contributed by atoms with Crippen LogP contribution >= 0.6 is 0 Å². The van der Waals surface area contributed by atoms with Crippen LogP contribution in [-0.4, -0.2) is 50.1 Å². The van der Waals surface area contributed by atoms with Crippen molar-refractivity contribution in [3.63, 3.8) is 0 Å². The second kappa shape index (κ2) is 9.07. The molecule has 1 heterocycles. The number of esters is 2. The minimum Gasteiger partial charge on any atom is -0.497 e. The number of aromatic nitrogens is 1. The molecule has 0 saturated heterocycles. The molecule has 0 spiro atoms. The fourth-order valence-electron chi connectivity index (χ4n) is 2.84. The highest BCUT2D eigenvalue weighted by atomic mass is 16.5. The number of rotatable bonds is 8. The molecule has 2 aromatic rings. The van der Waals surface area contributed by atoms with E-state index in [9.17, 15) is 14.4 Å². The summed E-state index contributed by atoms with van der Waals surface area (Å²) in [5.41, 5.74) is 1.49. The number of nitrogens with one attached hydrogen (secondary N) is 1. The lowest BCUT2D eigenvalue weighted by Gasteiger charge is -2.10. The molecule has 1 N–H and O–H groups in total. The highest BCUT2D eigenvalue weighted by molar-refractivity contribution is 6.09. The average molecular weight is 389 g/mol. The Morgan fingerprint density at radius 2 is 1.61 bits per heavy atom. The Morgan fingerprint density at radius 3 is 2.21 bits per heavy atom. The fourth-order valence-corrected chi connectivity index (χ4v) is 2.84. The van der Waals surface area contributed by atoms with Gasteiger partial charge in [0.1, 0.15) is 17.1 Å².